The highest BCUT2D eigenvalue weighted by atomic mass is 16.4. The van der Waals surface area contributed by atoms with E-state index >= 15 is 0 Å². The number of urea groups is 1. The van der Waals surface area contributed by atoms with Crippen molar-refractivity contribution in [3.63, 3.8) is 0 Å². The average Bonchev–Trinajstić information content (AvgIpc) is 2.25. The maximum atomic E-state index is 11.9. The smallest absolute Gasteiger partial charge is 0.326 e. The Labute approximate surface area is 96.3 Å². The molecular weight excluding hydrogens is 208 g/mol. The van der Waals surface area contributed by atoms with Gasteiger partial charge in [-0.05, 0) is 13.3 Å². The molecule has 16 heavy (non-hydrogen) atoms. The van der Waals surface area contributed by atoms with Gasteiger partial charge in [-0.1, -0.05) is 13.0 Å². The molecule has 1 atom stereocenters. The van der Waals surface area contributed by atoms with Gasteiger partial charge in [-0.3, -0.25) is 0 Å². The Morgan fingerprint density at radius 1 is 1.44 bits per heavy atom. The molecule has 0 aliphatic rings. The maximum absolute atomic E-state index is 11.9. The summed E-state index contributed by atoms with van der Waals surface area (Å²) in [5.41, 5.74) is 0. The number of amides is 2. The molecule has 1 N–H and O–H groups in total. The van der Waals surface area contributed by atoms with Crippen molar-refractivity contribution in [1.82, 2.24) is 9.80 Å². The van der Waals surface area contributed by atoms with Crippen LogP contribution < -0.4 is 0 Å². The molecule has 0 fully saturated rings. The third-order valence-electron chi connectivity index (χ3n) is 2.44. The first-order valence-corrected chi connectivity index (χ1v) is 5.34. The predicted molar refractivity (Wildman–Crippen MR) is 62.3 cm³/mol. The molecule has 0 radical (unpaired) electrons. The summed E-state index contributed by atoms with van der Waals surface area (Å²) in [6.07, 6.45) is 2.01. The standard InChI is InChI=1S/C11H20N2O3/c1-5-8-13(7-3)11(16)12(4)9(6-2)10(14)15/h5,9H,1,6-8H2,2-4H3,(H,14,15). The Hall–Kier alpha value is -1.52. The number of aliphatic carboxylic acids is 1. The highest BCUT2D eigenvalue weighted by Crippen LogP contribution is 2.06. The van der Waals surface area contributed by atoms with Gasteiger partial charge >= 0.3 is 12.0 Å². The van der Waals surface area contributed by atoms with Crippen LogP contribution in [0.15, 0.2) is 12.7 Å². The zero-order valence-electron chi connectivity index (χ0n) is 10.1. The van der Waals surface area contributed by atoms with E-state index in [0.717, 1.165) is 0 Å². The highest BCUT2D eigenvalue weighted by Gasteiger charge is 2.26. The summed E-state index contributed by atoms with van der Waals surface area (Å²) in [6, 6.07) is -1.05. The van der Waals surface area contributed by atoms with Crippen molar-refractivity contribution >= 4 is 12.0 Å². The van der Waals surface area contributed by atoms with Crippen LogP contribution in [-0.2, 0) is 4.79 Å². The fourth-order valence-corrected chi connectivity index (χ4v) is 1.47. The second-order valence-electron chi connectivity index (χ2n) is 3.48. The number of hydrogen-bond donors (Lipinski definition) is 1. The monoisotopic (exact) mass is 228 g/mol. The number of carboxylic acid groups (broad SMARTS) is 1. The van der Waals surface area contributed by atoms with Gasteiger partial charge in [-0.25, -0.2) is 9.59 Å². The second-order valence-corrected chi connectivity index (χ2v) is 3.48. The summed E-state index contributed by atoms with van der Waals surface area (Å²) in [5, 5.41) is 8.94. The fourth-order valence-electron chi connectivity index (χ4n) is 1.47. The van der Waals surface area contributed by atoms with E-state index in [9.17, 15) is 9.59 Å². The number of hydrogen-bond acceptors (Lipinski definition) is 2. The van der Waals surface area contributed by atoms with Gasteiger partial charge in [0.05, 0.1) is 0 Å². The number of rotatable bonds is 6. The molecule has 0 aromatic rings. The highest BCUT2D eigenvalue weighted by molar-refractivity contribution is 5.82. The van der Waals surface area contributed by atoms with E-state index in [1.807, 2.05) is 6.92 Å². The first kappa shape index (κ1) is 14.5. The summed E-state index contributed by atoms with van der Waals surface area (Å²) in [4.78, 5) is 25.6. The molecule has 0 spiro atoms. The van der Waals surface area contributed by atoms with Gasteiger partial charge in [0, 0.05) is 20.1 Å². The number of nitrogens with zero attached hydrogens (tertiary/aromatic N) is 2. The van der Waals surface area contributed by atoms with Crippen molar-refractivity contribution in [2.75, 3.05) is 20.1 Å². The molecule has 0 bridgehead atoms. The zero-order valence-corrected chi connectivity index (χ0v) is 10.1. The predicted octanol–water partition coefficient (Wildman–Crippen LogP) is 1.41. The van der Waals surface area contributed by atoms with Crippen LogP contribution in [0.4, 0.5) is 4.79 Å². The number of carboxylic acids is 1. The molecule has 0 rings (SSSR count). The third-order valence-corrected chi connectivity index (χ3v) is 2.44. The molecule has 2 amide bonds. The number of carbonyl (C=O) groups is 2. The van der Waals surface area contributed by atoms with Crippen molar-refractivity contribution in [1.29, 1.82) is 0 Å². The lowest BCUT2D eigenvalue weighted by molar-refractivity contribution is -0.142. The number of carbonyl (C=O) groups excluding carboxylic acids is 1. The van der Waals surface area contributed by atoms with Crippen molar-refractivity contribution in [2.24, 2.45) is 0 Å². The van der Waals surface area contributed by atoms with Crippen LogP contribution in [0.5, 0.6) is 0 Å². The van der Waals surface area contributed by atoms with Crippen molar-refractivity contribution in [3.8, 4) is 0 Å². The van der Waals surface area contributed by atoms with Gasteiger partial charge in [0.2, 0.25) is 0 Å². The SMILES string of the molecule is C=CCN(CC)C(=O)N(C)C(CC)C(=O)O. The largest absolute Gasteiger partial charge is 0.480 e. The van der Waals surface area contributed by atoms with Gasteiger partial charge in [-0.2, -0.15) is 0 Å². The Bertz CT molecular complexity index is 266. The minimum absolute atomic E-state index is 0.281. The Morgan fingerprint density at radius 3 is 2.31 bits per heavy atom. The Kier molecular flexibility index (Phi) is 6.22. The average molecular weight is 228 g/mol. The Morgan fingerprint density at radius 2 is 2.00 bits per heavy atom. The minimum Gasteiger partial charge on any atom is -0.480 e. The van der Waals surface area contributed by atoms with Crippen LogP contribution in [0.3, 0.4) is 0 Å². The lowest BCUT2D eigenvalue weighted by atomic mass is 10.2. The molecule has 0 saturated carbocycles. The van der Waals surface area contributed by atoms with Gasteiger partial charge in [0.25, 0.3) is 0 Å². The molecule has 92 valence electrons. The quantitative estimate of drug-likeness (QED) is 0.699. The molecule has 5 nitrogen and oxygen atoms in total. The topological polar surface area (TPSA) is 60.9 Å². The number of likely N-dealkylation sites (N-methyl/N-ethyl adjacent to an activating group) is 2. The van der Waals surface area contributed by atoms with E-state index in [4.69, 9.17) is 5.11 Å². The van der Waals surface area contributed by atoms with Crippen molar-refractivity contribution in [2.45, 2.75) is 26.3 Å². The molecule has 0 aliphatic carbocycles. The Balaban J connectivity index is 4.67. The second kappa shape index (κ2) is 6.87. The van der Waals surface area contributed by atoms with Crippen LogP contribution in [0.1, 0.15) is 20.3 Å². The van der Waals surface area contributed by atoms with Crippen molar-refractivity contribution < 1.29 is 14.7 Å². The summed E-state index contributed by atoms with van der Waals surface area (Å²) in [6.45, 7) is 8.11. The normalized spacial score (nSPS) is 11.7. The van der Waals surface area contributed by atoms with E-state index in [-0.39, 0.29) is 6.03 Å². The molecule has 5 heteroatoms. The first-order valence-electron chi connectivity index (χ1n) is 5.34. The lowest BCUT2D eigenvalue weighted by Crippen LogP contribution is -2.48. The van der Waals surface area contributed by atoms with Crippen LogP contribution in [0.25, 0.3) is 0 Å². The van der Waals surface area contributed by atoms with Gasteiger partial charge < -0.3 is 14.9 Å². The molecule has 0 aliphatic heterocycles. The van der Waals surface area contributed by atoms with E-state index in [2.05, 4.69) is 6.58 Å². The molecule has 0 aromatic carbocycles. The molecular formula is C11H20N2O3. The van der Waals surface area contributed by atoms with E-state index < -0.39 is 12.0 Å². The summed E-state index contributed by atoms with van der Waals surface area (Å²) < 4.78 is 0. The molecule has 0 heterocycles. The maximum Gasteiger partial charge on any atom is 0.326 e. The fraction of sp³-hybridized carbons (Fsp3) is 0.636. The zero-order chi connectivity index (χ0) is 12.7. The van der Waals surface area contributed by atoms with Gasteiger partial charge in [-0.15, -0.1) is 6.58 Å². The van der Waals surface area contributed by atoms with Crippen LogP contribution >= 0.6 is 0 Å². The van der Waals surface area contributed by atoms with Crippen LogP contribution in [0.2, 0.25) is 0 Å². The summed E-state index contributed by atoms with van der Waals surface area (Å²) >= 11 is 0. The summed E-state index contributed by atoms with van der Waals surface area (Å²) in [5.74, 6) is -0.979. The van der Waals surface area contributed by atoms with E-state index in [0.29, 0.717) is 19.5 Å². The lowest BCUT2D eigenvalue weighted by Gasteiger charge is -2.29. The molecule has 1 unspecified atom stereocenters. The summed E-state index contributed by atoms with van der Waals surface area (Å²) in [7, 11) is 1.51. The minimum atomic E-state index is -0.979. The van der Waals surface area contributed by atoms with E-state index in [1.54, 1.807) is 17.9 Å². The molecule has 0 saturated heterocycles. The molecule has 0 aromatic heterocycles. The van der Waals surface area contributed by atoms with E-state index in [1.165, 1.54) is 11.9 Å². The first-order chi connectivity index (χ1) is 7.49. The van der Waals surface area contributed by atoms with Crippen LogP contribution in [-0.4, -0.2) is 53.1 Å². The van der Waals surface area contributed by atoms with Gasteiger partial charge in [0.1, 0.15) is 6.04 Å². The van der Waals surface area contributed by atoms with Crippen LogP contribution in [0, 0.1) is 0 Å². The van der Waals surface area contributed by atoms with Crippen molar-refractivity contribution in [3.05, 3.63) is 12.7 Å². The third kappa shape index (κ3) is 3.56. The van der Waals surface area contributed by atoms with Gasteiger partial charge in [0.15, 0.2) is 0 Å².